The van der Waals surface area contributed by atoms with Crippen LogP contribution in [0.5, 0.6) is 0 Å². The van der Waals surface area contributed by atoms with E-state index in [1.807, 2.05) is 78.9 Å². The summed E-state index contributed by atoms with van der Waals surface area (Å²) in [5.41, 5.74) is 10.1. The molecule has 0 amide bonds. The molecule has 0 aliphatic carbocycles. The van der Waals surface area contributed by atoms with Crippen LogP contribution in [0, 0.1) is 6.57 Å². The van der Waals surface area contributed by atoms with Gasteiger partial charge in [-0.1, -0.05) is 164 Å². The molecule has 1 aromatic heterocycles. The highest BCUT2D eigenvalue weighted by molar-refractivity contribution is 6.24. The molecule has 4 nitrogen and oxygen atoms in total. The monoisotopic (exact) mass is 712 g/mol. The van der Waals surface area contributed by atoms with Crippen molar-refractivity contribution in [1.29, 1.82) is 0 Å². The summed E-state index contributed by atoms with van der Waals surface area (Å²) in [7, 11) is 0. The number of aromatic nitrogens is 3. The van der Waals surface area contributed by atoms with Gasteiger partial charge < -0.3 is 0 Å². The Morgan fingerprint density at radius 3 is 1.18 bits per heavy atom. The van der Waals surface area contributed by atoms with Crippen LogP contribution in [0.3, 0.4) is 0 Å². The molecule has 10 rings (SSSR count). The lowest BCUT2D eigenvalue weighted by molar-refractivity contribution is 1.07. The second kappa shape index (κ2) is 13.9. The normalized spacial score (nSPS) is 11.2. The van der Waals surface area contributed by atoms with Crippen LogP contribution in [0.25, 0.3) is 105 Å². The van der Waals surface area contributed by atoms with Crippen molar-refractivity contribution >= 4 is 38.0 Å². The smallest absolute Gasteiger partial charge is 0.187 e. The van der Waals surface area contributed by atoms with Gasteiger partial charge in [-0.2, -0.15) is 0 Å². The Balaban J connectivity index is 1.15. The summed E-state index contributed by atoms with van der Waals surface area (Å²) in [5.74, 6) is 1.91. The summed E-state index contributed by atoms with van der Waals surface area (Å²) < 4.78 is 0. The minimum Gasteiger partial charge on any atom is -0.238 e. The van der Waals surface area contributed by atoms with Crippen LogP contribution in [0.2, 0.25) is 0 Å². The fourth-order valence-corrected chi connectivity index (χ4v) is 7.81. The lowest BCUT2D eigenvalue weighted by Gasteiger charge is -2.17. The molecule has 0 atom stereocenters. The first kappa shape index (κ1) is 32.9. The van der Waals surface area contributed by atoms with E-state index in [1.165, 1.54) is 37.9 Å². The second-order valence-electron chi connectivity index (χ2n) is 13.9. The molecule has 56 heavy (non-hydrogen) atoms. The number of nitrogens with zero attached hydrogens (tertiary/aromatic N) is 4. The Bertz CT molecular complexity index is 3090. The van der Waals surface area contributed by atoms with E-state index in [0.29, 0.717) is 23.2 Å². The number of benzene rings is 9. The number of fused-ring (bicyclic) bond motifs is 5. The molecule has 0 aliphatic heterocycles. The van der Waals surface area contributed by atoms with E-state index in [2.05, 4.69) is 120 Å². The zero-order valence-corrected chi connectivity index (χ0v) is 30.3. The second-order valence-corrected chi connectivity index (χ2v) is 13.9. The van der Waals surface area contributed by atoms with Gasteiger partial charge in [0.2, 0.25) is 0 Å². The summed E-state index contributed by atoms with van der Waals surface area (Å²) >= 11 is 0. The maximum absolute atomic E-state index is 7.52. The summed E-state index contributed by atoms with van der Waals surface area (Å²) in [4.78, 5) is 18.6. The van der Waals surface area contributed by atoms with E-state index in [-0.39, 0.29) is 0 Å². The molecule has 10 aromatic rings. The molecular weight excluding hydrogens is 681 g/mol. The van der Waals surface area contributed by atoms with Crippen molar-refractivity contribution in [3.8, 4) is 67.5 Å². The number of hydrogen-bond acceptors (Lipinski definition) is 3. The van der Waals surface area contributed by atoms with Crippen molar-refractivity contribution in [3.05, 3.63) is 206 Å². The SMILES string of the molecule is [C-]#[N+]c1cccc(-c2cccc(-c3cc4c5ccccc5c(-c5cccc(-c6nc(-c7ccccc7)nc(-c7ccccc7)n6)c5)cc4c4ccccc34)c2)c1. The van der Waals surface area contributed by atoms with Crippen LogP contribution in [-0.2, 0) is 0 Å². The molecule has 0 saturated carbocycles. The lowest BCUT2D eigenvalue weighted by Crippen LogP contribution is -2.00. The summed E-state index contributed by atoms with van der Waals surface area (Å²) in [6.45, 7) is 7.52. The molecule has 1 heterocycles. The highest BCUT2D eigenvalue weighted by atomic mass is 15.0. The van der Waals surface area contributed by atoms with Crippen molar-refractivity contribution in [2.75, 3.05) is 0 Å². The molecule has 0 unspecified atom stereocenters. The highest BCUT2D eigenvalue weighted by Gasteiger charge is 2.17. The van der Waals surface area contributed by atoms with E-state index in [9.17, 15) is 0 Å². The fraction of sp³-hybridized carbons (Fsp3) is 0. The quantitative estimate of drug-likeness (QED) is 0.127. The van der Waals surface area contributed by atoms with E-state index < -0.39 is 0 Å². The standard InChI is InChI=1S/C52H32N4/c1-53-41-24-14-20-37(31-41)36-19-12-21-38(29-36)46-32-48-45-28-11-9-26-43(45)47(33-49(48)44-27-10-8-25-42(44)46)39-22-13-23-40(30-39)52-55-50(34-15-4-2-5-16-34)54-51(56-52)35-17-6-3-7-18-35/h2-33H. The first-order chi connectivity index (χ1) is 27.7. The highest BCUT2D eigenvalue weighted by Crippen LogP contribution is 2.43. The van der Waals surface area contributed by atoms with Gasteiger partial charge >= 0.3 is 0 Å². The third-order valence-corrected chi connectivity index (χ3v) is 10.5. The first-order valence-corrected chi connectivity index (χ1v) is 18.6. The van der Waals surface area contributed by atoms with Gasteiger partial charge in [0.05, 0.1) is 6.57 Å². The van der Waals surface area contributed by atoms with Crippen LogP contribution in [0.15, 0.2) is 194 Å². The molecule has 260 valence electrons. The minimum absolute atomic E-state index is 0.628. The van der Waals surface area contributed by atoms with E-state index in [4.69, 9.17) is 21.5 Å². The van der Waals surface area contributed by atoms with Crippen molar-refractivity contribution in [2.45, 2.75) is 0 Å². The topological polar surface area (TPSA) is 43.0 Å². The van der Waals surface area contributed by atoms with Crippen LogP contribution in [0.4, 0.5) is 5.69 Å². The first-order valence-electron chi connectivity index (χ1n) is 18.6. The Hall–Kier alpha value is -7.74. The summed E-state index contributed by atoms with van der Waals surface area (Å²) in [5, 5.41) is 7.15. The number of rotatable bonds is 6. The van der Waals surface area contributed by atoms with Crippen LogP contribution in [0.1, 0.15) is 0 Å². The Morgan fingerprint density at radius 2 is 0.661 bits per heavy atom. The summed E-state index contributed by atoms with van der Waals surface area (Å²) in [6.07, 6.45) is 0. The van der Waals surface area contributed by atoms with Gasteiger partial charge in [0.1, 0.15) is 0 Å². The molecule has 0 spiro atoms. The Labute approximate surface area is 324 Å². The van der Waals surface area contributed by atoms with Gasteiger partial charge in [-0.25, -0.2) is 19.8 Å². The largest absolute Gasteiger partial charge is 0.238 e. The molecule has 0 radical (unpaired) electrons. The van der Waals surface area contributed by atoms with Gasteiger partial charge in [0.15, 0.2) is 23.2 Å². The van der Waals surface area contributed by atoms with Crippen LogP contribution in [-0.4, -0.2) is 15.0 Å². The predicted octanol–water partition coefficient (Wildman–Crippen LogP) is 13.9. The van der Waals surface area contributed by atoms with E-state index in [0.717, 1.165) is 44.5 Å². The predicted molar refractivity (Wildman–Crippen MR) is 231 cm³/mol. The fourth-order valence-electron chi connectivity index (χ4n) is 7.81. The van der Waals surface area contributed by atoms with Gasteiger partial charge in [-0.15, -0.1) is 0 Å². The van der Waals surface area contributed by atoms with Crippen LogP contribution >= 0.6 is 0 Å². The maximum atomic E-state index is 7.52. The maximum Gasteiger partial charge on any atom is 0.187 e. The molecule has 0 fully saturated rings. The van der Waals surface area contributed by atoms with Gasteiger partial charge in [0, 0.05) is 16.7 Å². The molecule has 0 aliphatic rings. The number of hydrogen-bond donors (Lipinski definition) is 0. The van der Waals surface area contributed by atoms with Gasteiger partial charge in [0.25, 0.3) is 0 Å². The minimum atomic E-state index is 0.628. The van der Waals surface area contributed by atoms with E-state index in [1.54, 1.807) is 0 Å². The van der Waals surface area contributed by atoms with Crippen molar-refractivity contribution in [3.63, 3.8) is 0 Å². The average molecular weight is 713 g/mol. The Morgan fingerprint density at radius 1 is 0.286 bits per heavy atom. The van der Waals surface area contributed by atoms with Crippen LogP contribution < -0.4 is 0 Å². The molecule has 0 N–H and O–H groups in total. The third kappa shape index (κ3) is 5.94. The Kier molecular flexibility index (Phi) is 8.17. The van der Waals surface area contributed by atoms with Crippen molar-refractivity contribution in [1.82, 2.24) is 15.0 Å². The van der Waals surface area contributed by atoms with Gasteiger partial charge in [-0.05, 0) is 96.0 Å². The third-order valence-electron chi connectivity index (χ3n) is 10.5. The van der Waals surface area contributed by atoms with Crippen molar-refractivity contribution < 1.29 is 0 Å². The van der Waals surface area contributed by atoms with Gasteiger partial charge in [-0.3, -0.25) is 0 Å². The molecule has 4 heteroatoms. The lowest BCUT2D eigenvalue weighted by atomic mass is 9.87. The average Bonchev–Trinajstić information content (AvgIpc) is 3.29. The molecular formula is C52H32N4. The van der Waals surface area contributed by atoms with E-state index >= 15 is 0 Å². The van der Waals surface area contributed by atoms with Crippen molar-refractivity contribution in [2.24, 2.45) is 0 Å². The molecule has 0 saturated heterocycles. The molecule has 9 aromatic carbocycles. The zero-order valence-electron chi connectivity index (χ0n) is 30.3. The molecule has 0 bridgehead atoms. The zero-order chi connectivity index (χ0) is 37.4. The summed E-state index contributed by atoms with van der Waals surface area (Å²) in [6, 6.07) is 67.4.